The fraction of sp³-hybridized carbons (Fsp3) is 0.444. The number of ether oxygens (including phenoxy) is 1. The van der Waals surface area contributed by atoms with Crippen LogP contribution in [0.2, 0.25) is 0 Å². The van der Waals surface area contributed by atoms with Crippen molar-refractivity contribution in [2.24, 2.45) is 0 Å². The van der Waals surface area contributed by atoms with Crippen LogP contribution < -0.4 is 5.32 Å². The average Bonchev–Trinajstić information content (AvgIpc) is 2.09. The highest BCUT2D eigenvalue weighted by molar-refractivity contribution is 5.46. The first-order valence-corrected chi connectivity index (χ1v) is 3.80. The van der Waals surface area contributed by atoms with Crippen LogP contribution in [0.3, 0.4) is 0 Å². The predicted octanol–water partition coefficient (Wildman–Crippen LogP) is 0.881. The maximum absolute atomic E-state index is 9.84. The Bertz CT molecular complexity index is 173. The summed E-state index contributed by atoms with van der Waals surface area (Å²) in [4.78, 5) is 9.84. The maximum Gasteiger partial charge on any atom is 0.207 e. The molecule has 1 N–H and O–H groups in total. The molecule has 0 heterocycles. The van der Waals surface area contributed by atoms with Crippen molar-refractivity contribution in [3.05, 3.63) is 23.8 Å². The van der Waals surface area contributed by atoms with Crippen LogP contribution in [0.25, 0.3) is 0 Å². The van der Waals surface area contributed by atoms with Crippen LogP contribution in [0.1, 0.15) is 6.92 Å². The van der Waals surface area contributed by atoms with Crippen molar-refractivity contribution in [2.45, 2.75) is 6.92 Å². The quantitative estimate of drug-likeness (QED) is 0.364. The maximum atomic E-state index is 9.84. The van der Waals surface area contributed by atoms with Gasteiger partial charge in [-0.2, -0.15) is 0 Å². The van der Waals surface area contributed by atoms with Crippen LogP contribution in [-0.4, -0.2) is 26.7 Å². The van der Waals surface area contributed by atoms with Crippen LogP contribution in [0.5, 0.6) is 0 Å². The fourth-order valence-corrected chi connectivity index (χ4v) is 0.644. The van der Waals surface area contributed by atoms with E-state index in [0.29, 0.717) is 19.6 Å². The van der Waals surface area contributed by atoms with E-state index >= 15 is 0 Å². The molecule has 68 valence electrons. The standard InChI is InChI=1S/C9H15NO2/c1-9(5-7-12-2)4-3-6-10-8-11/h3-5,8H,6-7H2,1-2H3,(H,10,11)/b4-3-,9-5-. The number of hydrogen-bond donors (Lipinski definition) is 1. The summed E-state index contributed by atoms with van der Waals surface area (Å²) in [5.74, 6) is 0. The van der Waals surface area contributed by atoms with Gasteiger partial charge in [0.05, 0.1) is 6.61 Å². The van der Waals surface area contributed by atoms with Crippen LogP contribution in [0.4, 0.5) is 0 Å². The third-order valence-electron chi connectivity index (χ3n) is 1.27. The topological polar surface area (TPSA) is 38.3 Å². The number of nitrogens with one attached hydrogen (secondary N) is 1. The second-order valence-corrected chi connectivity index (χ2v) is 2.33. The minimum atomic E-state index is 0.571. The summed E-state index contributed by atoms with van der Waals surface area (Å²) in [6, 6.07) is 0. The van der Waals surface area contributed by atoms with Gasteiger partial charge in [0.25, 0.3) is 0 Å². The Kier molecular flexibility index (Phi) is 7.28. The SMILES string of the molecule is COC/C=C(C)\C=C/CNC=O. The van der Waals surface area contributed by atoms with Gasteiger partial charge in [-0.25, -0.2) is 0 Å². The smallest absolute Gasteiger partial charge is 0.207 e. The molecule has 0 aromatic carbocycles. The first-order chi connectivity index (χ1) is 5.81. The monoisotopic (exact) mass is 169 g/mol. The zero-order chi connectivity index (χ0) is 9.23. The lowest BCUT2D eigenvalue weighted by Crippen LogP contribution is -2.09. The minimum absolute atomic E-state index is 0.571. The first kappa shape index (κ1) is 10.9. The molecule has 0 aliphatic heterocycles. The summed E-state index contributed by atoms with van der Waals surface area (Å²) < 4.78 is 4.86. The molecule has 0 aromatic heterocycles. The summed E-state index contributed by atoms with van der Waals surface area (Å²) in [7, 11) is 1.65. The molecule has 0 radical (unpaired) electrons. The van der Waals surface area contributed by atoms with E-state index in [1.807, 2.05) is 25.2 Å². The lowest BCUT2D eigenvalue weighted by molar-refractivity contribution is -0.109. The van der Waals surface area contributed by atoms with Gasteiger partial charge in [0, 0.05) is 13.7 Å². The molecule has 12 heavy (non-hydrogen) atoms. The summed E-state index contributed by atoms with van der Waals surface area (Å²) in [5, 5.41) is 2.53. The third-order valence-corrected chi connectivity index (χ3v) is 1.27. The average molecular weight is 169 g/mol. The normalized spacial score (nSPS) is 12.0. The molecule has 0 atom stereocenters. The molecule has 1 amide bonds. The first-order valence-electron chi connectivity index (χ1n) is 3.80. The van der Waals surface area contributed by atoms with Crippen molar-refractivity contribution in [1.29, 1.82) is 0 Å². The van der Waals surface area contributed by atoms with E-state index in [1.165, 1.54) is 0 Å². The van der Waals surface area contributed by atoms with Crippen molar-refractivity contribution in [3.8, 4) is 0 Å². The van der Waals surface area contributed by atoms with E-state index in [4.69, 9.17) is 4.74 Å². The van der Waals surface area contributed by atoms with Crippen molar-refractivity contribution in [2.75, 3.05) is 20.3 Å². The molecule has 0 saturated heterocycles. The van der Waals surface area contributed by atoms with Crippen LogP contribution >= 0.6 is 0 Å². The Morgan fingerprint density at radius 3 is 2.92 bits per heavy atom. The molecular weight excluding hydrogens is 154 g/mol. The molecule has 0 aliphatic rings. The van der Waals surface area contributed by atoms with Gasteiger partial charge in [0.15, 0.2) is 0 Å². The molecule has 3 nitrogen and oxygen atoms in total. The van der Waals surface area contributed by atoms with Gasteiger partial charge >= 0.3 is 0 Å². The van der Waals surface area contributed by atoms with Gasteiger partial charge in [0.1, 0.15) is 0 Å². The number of hydrogen-bond acceptors (Lipinski definition) is 2. The van der Waals surface area contributed by atoms with Crippen molar-refractivity contribution < 1.29 is 9.53 Å². The van der Waals surface area contributed by atoms with E-state index in [9.17, 15) is 4.79 Å². The number of rotatable bonds is 6. The van der Waals surface area contributed by atoms with Gasteiger partial charge in [-0.3, -0.25) is 4.79 Å². The molecule has 0 bridgehead atoms. The van der Waals surface area contributed by atoms with Crippen LogP contribution in [-0.2, 0) is 9.53 Å². The highest BCUT2D eigenvalue weighted by atomic mass is 16.5. The van der Waals surface area contributed by atoms with Gasteiger partial charge in [-0.1, -0.05) is 23.8 Å². The van der Waals surface area contributed by atoms with Crippen LogP contribution in [0, 0.1) is 0 Å². The number of carbonyl (C=O) groups is 1. The van der Waals surface area contributed by atoms with E-state index in [-0.39, 0.29) is 0 Å². The highest BCUT2D eigenvalue weighted by Crippen LogP contribution is 1.93. The Balaban J connectivity index is 3.58. The van der Waals surface area contributed by atoms with Crippen molar-refractivity contribution >= 4 is 6.41 Å². The molecular formula is C9H15NO2. The molecule has 0 spiro atoms. The van der Waals surface area contributed by atoms with Gasteiger partial charge in [-0.05, 0) is 6.92 Å². The summed E-state index contributed by atoms with van der Waals surface area (Å²) in [6.07, 6.45) is 6.47. The van der Waals surface area contributed by atoms with Crippen molar-refractivity contribution in [1.82, 2.24) is 5.32 Å². The molecule has 0 unspecified atom stereocenters. The Morgan fingerprint density at radius 1 is 1.58 bits per heavy atom. The highest BCUT2D eigenvalue weighted by Gasteiger charge is 1.80. The molecule has 0 aromatic rings. The van der Waals surface area contributed by atoms with E-state index < -0.39 is 0 Å². The number of amides is 1. The zero-order valence-corrected chi connectivity index (χ0v) is 7.54. The van der Waals surface area contributed by atoms with Gasteiger partial charge < -0.3 is 10.1 Å². The summed E-state index contributed by atoms with van der Waals surface area (Å²) in [6.45, 7) is 3.18. The number of allylic oxidation sites excluding steroid dienone is 2. The Hall–Kier alpha value is -1.09. The van der Waals surface area contributed by atoms with Gasteiger partial charge in [0.2, 0.25) is 6.41 Å². The second-order valence-electron chi connectivity index (χ2n) is 2.33. The van der Waals surface area contributed by atoms with E-state index in [1.54, 1.807) is 7.11 Å². The molecule has 0 aliphatic carbocycles. The largest absolute Gasteiger partial charge is 0.381 e. The second kappa shape index (κ2) is 8.01. The fourth-order valence-electron chi connectivity index (χ4n) is 0.644. The minimum Gasteiger partial charge on any atom is -0.381 e. The van der Waals surface area contributed by atoms with Crippen LogP contribution in [0.15, 0.2) is 23.8 Å². The zero-order valence-electron chi connectivity index (χ0n) is 7.54. The number of carbonyl (C=O) groups excluding carboxylic acids is 1. The van der Waals surface area contributed by atoms with Gasteiger partial charge in [-0.15, -0.1) is 0 Å². The molecule has 3 heteroatoms. The summed E-state index contributed by atoms with van der Waals surface area (Å²) in [5.41, 5.74) is 1.13. The lowest BCUT2D eigenvalue weighted by Gasteiger charge is -1.93. The number of methoxy groups -OCH3 is 1. The third kappa shape index (κ3) is 7.02. The van der Waals surface area contributed by atoms with E-state index in [2.05, 4.69) is 5.32 Å². The Labute approximate surface area is 73.1 Å². The molecule has 0 rings (SSSR count). The molecule has 0 fully saturated rings. The predicted molar refractivity (Wildman–Crippen MR) is 48.8 cm³/mol. The van der Waals surface area contributed by atoms with Crippen molar-refractivity contribution in [3.63, 3.8) is 0 Å². The van der Waals surface area contributed by atoms with E-state index in [0.717, 1.165) is 5.57 Å². The summed E-state index contributed by atoms with van der Waals surface area (Å²) >= 11 is 0. The lowest BCUT2D eigenvalue weighted by atomic mass is 10.2. The molecule has 0 saturated carbocycles. The Morgan fingerprint density at radius 2 is 2.33 bits per heavy atom.